The summed E-state index contributed by atoms with van der Waals surface area (Å²) in [7, 11) is 3.19. The van der Waals surface area contributed by atoms with Gasteiger partial charge in [0.15, 0.2) is 18.1 Å². The van der Waals surface area contributed by atoms with E-state index in [0.29, 0.717) is 36.6 Å². The predicted octanol–water partition coefficient (Wildman–Crippen LogP) is 3.06. The van der Waals surface area contributed by atoms with Crippen molar-refractivity contribution in [3.8, 4) is 11.5 Å². The largest absolute Gasteiger partial charge is 0.493 e. The van der Waals surface area contributed by atoms with Gasteiger partial charge in [-0.2, -0.15) is 0 Å². The lowest BCUT2D eigenvalue weighted by molar-refractivity contribution is -0.135. The highest BCUT2D eigenvalue weighted by atomic mass is 16.5. The molecule has 1 heterocycles. The molecule has 1 aliphatic rings. The van der Waals surface area contributed by atoms with Crippen molar-refractivity contribution in [1.82, 2.24) is 4.90 Å². The number of hydrogen-bond donors (Lipinski definition) is 0. The van der Waals surface area contributed by atoms with E-state index in [0.717, 1.165) is 22.3 Å². The van der Waals surface area contributed by atoms with Crippen molar-refractivity contribution in [2.75, 3.05) is 27.4 Å². The van der Waals surface area contributed by atoms with Crippen molar-refractivity contribution in [3.63, 3.8) is 0 Å². The predicted molar refractivity (Wildman–Crippen MR) is 105 cm³/mol. The van der Waals surface area contributed by atoms with Crippen LogP contribution in [0.4, 0.5) is 0 Å². The van der Waals surface area contributed by atoms with Crippen molar-refractivity contribution in [2.24, 2.45) is 0 Å². The highest BCUT2D eigenvalue weighted by Gasteiger charge is 2.24. The van der Waals surface area contributed by atoms with Gasteiger partial charge in [0.05, 0.1) is 19.8 Å². The van der Waals surface area contributed by atoms with Crippen LogP contribution in [0, 0.1) is 13.8 Å². The Hall–Kier alpha value is -3.02. The standard InChI is InChI=1S/C22H25NO5/c1-14-7-15(2)9-17(8-14)22(25)28-13-21(24)23-6-5-16-10-19(26-3)20(27-4)11-18(16)12-23/h7-11H,5-6,12-13H2,1-4H3. The lowest BCUT2D eigenvalue weighted by atomic mass is 9.99. The topological polar surface area (TPSA) is 65.1 Å². The second-order valence-electron chi connectivity index (χ2n) is 6.99. The van der Waals surface area contributed by atoms with Gasteiger partial charge in [-0.25, -0.2) is 4.79 Å². The fraction of sp³-hybridized carbons (Fsp3) is 0.364. The van der Waals surface area contributed by atoms with Crippen molar-refractivity contribution < 1.29 is 23.8 Å². The molecule has 2 aromatic carbocycles. The molecule has 28 heavy (non-hydrogen) atoms. The summed E-state index contributed by atoms with van der Waals surface area (Å²) in [6.07, 6.45) is 0.715. The summed E-state index contributed by atoms with van der Waals surface area (Å²) in [6, 6.07) is 9.36. The fourth-order valence-electron chi connectivity index (χ4n) is 3.49. The quantitative estimate of drug-likeness (QED) is 0.743. The molecule has 0 radical (unpaired) electrons. The Morgan fingerprint density at radius 3 is 2.14 bits per heavy atom. The highest BCUT2D eigenvalue weighted by molar-refractivity contribution is 5.91. The van der Waals surface area contributed by atoms with E-state index in [2.05, 4.69) is 0 Å². The molecule has 0 N–H and O–H groups in total. The maximum atomic E-state index is 12.5. The van der Waals surface area contributed by atoms with Gasteiger partial charge in [0.2, 0.25) is 0 Å². The molecule has 0 aromatic heterocycles. The van der Waals surface area contributed by atoms with Crippen LogP contribution in [0.5, 0.6) is 11.5 Å². The number of rotatable bonds is 5. The van der Waals surface area contributed by atoms with Gasteiger partial charge < -0.3 is 19.1 Å². The van der Waals surface area contributed by atoms with E-state index in [1.54, 1.807) is 31.3 Å². The molecule has 0 fully saturated rings. The van der Waals surface area contributed by atoms with E-state index in [1.165, 1.54) is 0 Å². The molecule has 1 aliphatic heterocycles. The van der Waals surface area contributed by atoms with Gasteiger partial charge in [-0.15, -0.1) is 0 Å². The van der Waals surface area contributed by atoms with Crippen molar-refractivity contribution in [1.29, 1.82) is 0 Å². The number of benzene rings is 2. The number of esters is 1. The summed E-state index contributed by atoms with van der Waals surface area (Å²) >= 11 is 0. The van der Waals surface area contributed by atoms with Gasteiger partial charge in [-0.05, 0) is 55.7 Å². The summed E-state index contributed by atoms with van der Waals surface area (Å²) in [5.41, 5.74) is 4.57. The first-order chi connectivity index (χ1) is 13.4. The SMILES string of the molecule is COc1cc2c(cc1OC)CN(C(=O)COC(=O)c1cc(C)cc(C)c1)CC2. The Morgan fingerprint density at radius 1 is 0.929 bits per heavy atom. The first-order valence-corrected chi connectivity index (χ1v) is 9.18. The number of nitrogens with zero attached hydrogens (tertiary/aromatic N) is 1. The minimum atomic E-state index is -0.482. The molecule has 3 rings (SSSR count). The molecule has 0 saturated heterocycles. The van der Waals surface area contributed by atoms with Crippen molar-refractivity contribution >= 4 is 11.9 Å². The normalized spacial score (nSPS) is 12.9. The van der Waals surface area contributed by atoms with Crippen LogP contribution in [-0.4, -0.2) is 44.1 Å². The second kappa shape index (κ2) is 8.33. The minimum Gasteiger partial charge on any atom is -0.493 e. The summed E-state index contributed by atoms with van der Waals surface area (Å²) in [6.45, 7) is 4.60. The highest BCUT2D eigenvalue weighted by Crippen LogP contribution is 2.33. The lowest BCUT2D eigenvalue weighted by Gasteiger charge is -2.29. The monoisotopic (exact) mass is 383 g/mol. The van der Waals surface area contributed by atoms with Crippen LogP contribution in [-0.2, 0) is 22.5 Å². The van der Waals surface area contributed by atoms with Crippen LogP contribution in [0.15, 0.2) is 30.3 Å². The van der Waals surface area contributed by atoms with Crippen molar-refractivity contribution in [3.05, 3.63) is 58.1 Å². The molecule has 0 spiro atoms. The van der Waals surface area contributed by atoms with Gasteiger partial charge in [-0.3, -0.25) is 4.79 Å². The van der Waals surface area contributed by atoms with Crippen LogP contribution in [0.1, 0.15) is 32.6 Å². The molecule has 0 bridgehead atoms. The van der Waals surface area contributed by atoms with Gasteiger partial charge in [0.1, 0.15) is 0 Å². The Balaban J connectivity index is 1.64. The Kier molecular flexibility index (Phi) is 5.87. The summed E-state index contributed by atoms with van der Waals surface area (Å²) in [4.78, 5) is 26.5. The van der Waals surface area contributed by atoms with E-state index < -0.39 is 5.97 Å². The summed E-state index contributed by atoms with van der Waals surface area (Å²) < 4.78 is 15.9. The third kappa shape index (κ3) is 4.27. The molecule has 1 amide bonds. The van der Waals surface area contributed by atoms with E-state index in [1.807, 2.05) is 32.0 Å². The van der Waals surface area contributed by atoms with Crippen LogP contribution in [0.3, 0.4) is 0 Å². The third-order valence-corrected chi connectivity index (χ3v) is 4.85. The zero-order valence-corrected chi connectivity index (χ0v) is 16.7. The number of fused-ring (bicyclic) bond motifs is 1. The first-order valence-electron chi connectivity index (χ1n) is 9.18. The smallest absolute Gasteiger partial charge is 0.338 e. The molecular weight excluding hydrogens is 358 g/mol. The Morgan fingerprint density at radius 2 is 1.54 bits per heavy atom. The lowest BCUT2D eigenvalue weighted by Crippen LogP contribution is -2.38. The summed E-state index contributed by atoms with van der Waals surface area (Å²) in [5, 5.41) is 0. The van der Waals surface area contributed by atoms with E-state index in [9.17, 15) is 9.59 Å². The molecule has 2 aromatic rings. The van der Waals surface area contributed by atoms with Crippen LogP contribution in [0.25, 0.3) is 0 Å². The number of hydrogen-bond acceptors (Lipinski definition) is 5. The first kappa shape index (κ1) is 19.7. The van der Waals surface area contributed by atoms with Crippen LogP contribution < -0.4 is 9.47 Å². The molecule has 0 saturated carbocycles. The molecule has 0 aliphatic carbocycles. The van der Waals surface area contributed by atoms with Gasteiger partial charge in [-0.1, -0.05) is 17.2 Å². The summed E-state index contributed by atoms with van der Waals surface area (Å²) in [5.74, 6) is 0.627. The number of methoxy groups -OCH3 is 2. The molecule has 0 unspecified atom stereocenters. The molecule has 6 nitrogen and oxygen atoms in total. The molecular formula is C22H25NO5. The van der Waals surface area contributed by atoms with Crippen molar-refractivity contribution in [2.45, 2.75) is 26.8 Å². The zero-order valence-electron chi connectivity index (χ0n) is 16.7. The average Bonchev–Trinajstić information content (AvgIpc) is 2.69. The number of carbonyl (C=O) groups is 2. The average molecular weight is 383 g/mol. The third-order valence-electron chi connectivity index (χ3n) is 4.85. The second-order valence-corrected chi connectivity index (χ2v) is 6.99. The number of ether oxygens (including phenoxy) is 3. The van der Waals surface area contributed by atoms with Crippen LogP contribution >= 0.6 is 0 Å². The number of carbonyl (C=O) groups excluding carboxylic acids is 2. The maximum absolute atomic E-state index is 12.5. The van der Waals surface area contributed by atoms with E-state index in [4.69, 9.17) is 14.2 Å². The van der Waals surface area contributed by atoms with E-state index in [-0.39, 0.29) is 12.5 Å². The van der Waals surface area contributed by atoms with Gasteiger partial charge >= 0.3 is 5.97 Å². The molecule has 0 atom stereocenters. The van der Waals surface area contributed by atoms with Gasteiger partial charge in [0, 0.05) is 13.1 Å². The zero-order chi connectivity index (χ0) is 20.3. The Bertz CT molecular complexity index is 886. The fourth-order valence-corrected chi connectivity index (χ4v) is 3.49. The van der Waals surface area contributed by atoms with Gasteiger partial charge in [0.25, 0.3) is 5.91 Å². The van der Waals surface area contributed by atoms with E-state index >= 15 is 0 Å². The number of aryl methyl sites for hydroxylation is 2. The van der Waals surface area contributed by atoms with Crippen LogP contribution in [0.2, 0.25) is 0 Å². The Labute approximate surface area is 165 Å². The molecule has 148 valence electrons. The maximum Gasteiger partial charge on any atom is 0.338 e. The number of amides is 1. The minimum absolute atomic E-state index is 0.210. The molecule has 6 heteroatoms.